The lowest BCUT2D eigenvalue weighted by Gasteiger charge is -2.11. The molecule has 4 nitrogen and oxygen atoms in total. The summed E-state index contributed by atoms with van der Waals surface area (Å²) in [4.78, 5) is 22.0. The molecule has 0 heterocycles. The van der Waals surface area contributed by atoms with Crippen molar-refractivity contribution in [2.45, 2.75) is 66.3 Å². The zero-order chi connectivity index (χ0) is 13.9. The van der Waals surface area contributed by atoms with Crippen molar-refractivity contribution in [3.63, 3.8) is 0 Å². The first kappa shape index (κ1) is 18.3. The Labute approximate surface area is 106 Å². The van der Waals surface area contributed by atoms with E-state index in [-0.39, 0.29) is 23.9 Å². The molecule has 1 rings (SSSR count). The van der Waals surface area contributed by atoms with Crippen molar-refractivity contribution in [3.8, 4) is 0 Å². The summed E-state index contributed by atoms with van der Waals surface area (Å²) in [5.41, 5.74) is 0.00796. The highest BCUT2D eigenvalue weighted by atomic mass is 16.2. The predicted molar refractivity (Wildman–Crippen MR) is 71.8 cm³/mol. The fourth-order valence-electron chi connectivity index (χ4n) is 0.997. The average Bonchev–Trinajstić information content (AvgIpc) is 3.08. The normalized spacial score (nSPS) is 14.2. The molecule has 1 saturated carbocycles. The second-order valence-electron chi connectivity index (χ2n) is 3.74. The minimum absolute atomic E-state index is 0.00796. The minimum atomic E-state index is -0.0956. The second-order valence-corrected chi connectivity index (χ2v) is 3.74. The van der Waals surface area contributed by atoms with Gasteiger partial charge in [-0.25, -0.2) is 0 Å². The van der Waals surface area contributed by atoms with Crippen LogP contribution in [0.5, 0.6) is 0 Å². The molecule has 0 saturated heterocycles. The zero-order valence-electron chi connectivity index (χ0n) is 12.1. The van der Waals surface area contributed by atoms with E-state index < -0.39 is 0 Å². The van der Waals surface area contributed by atoms with Crippen molar-refractivity contribution in [3.05, 3.63) is 0 Å². The first-order valence-electron chi connectivity index (χ1n) is 6.63. The number of amides is 2. The summed E-state index contributed by atoms with van der Waals surface area (Å²) in [6.45, 7) is 11.9. The molecule has 0 aromatic rings. The van der Waals surface area contributed by atoms with Crippen LogP contribution in [-0.2, 0) is 9.59 Å². The molecule has 1 fully saturated rings. The lowest BCUT2D eigenvalue weighted by Crippen LogP contribution is -2.41. The van der Waals surface area contributed by atoms with Gasteiger partial charge in [-0.05, 0) is 19.8 Å². The number of hydrogen-bond acceptors (Lipinski definition) is 2. The maximum atomic E-state index is 11.2. The van der Waals surface area contributed by atoms with Crippen molar-refractivity contribution >= 4 is 11.8 Å². The third kappa shape index (κ3) is 9.85. The second kappa shape index (κ2) is 10.1. The van der Waals surface area contributed by atoms with Gasteiger partial charge >= 0.3 is 0 Å². The largest absolute Gasteiger partial charge is 0.349 e. The van der Waals surface area contributed by atoms with Gasteiger partial charge in [0.05, 0.1) is 6.54 Å². The van der Waals surface area contributed by atoms with Crippen molar-refractivity contribution in [2.75, 3.05) is 6.54 Å². The first-order chi connectivity index (χ1) is 8.06. The van der Waals surface area contributed by atoms with E-state index in [4.69, 9.17) is 0 Å². The summed E-state index contributed by atoms with van der Waals surface area (Å²) in [6.07, 6.45) is 2.51. The van der Waals surface area contributed by atoms with E-state index in [0.717, 1.165) is 12.8 Å². The van der Waals surface area contributed by atoms with Gasteiger partial charge in [-0.15, -0.1) is 0 Å². The van der Waals surface area contributed by atoms with Crippen LogP contribution in [0.1, 0.15) is 60.8 Å². The highest BCUT2D eigenvalue weighted by Gasteiger charge is 2.38. The number of hydrogen-bond donors (Lipinski definition) is 2. The molecule has 17 heavy (non-hydrogen) atoms. The molecule has 2 N–H and O–H groups in total. The van der Waals surface area contributed by atoms with Crippen LogP contribution in [0.2, 0.25) is 0 Å². The SMILES string of the molecule is CC.CC.CCC(=O)NCC(=O)NC1(C)CC1. The molecule has 1 aliphatic rings. The zero-order valence-corrected chi connectivity index (χ0v) is 12.1. The summed E-state index contributed by atoms with van der Waals surface area (Å²) < 4.78 is 0. The highest BCUT2D eigenvalue weighted by Crippen LogP contribution is 2.33. The van der Waals surface area contributed by atoms with Crippen LogP contribution >= 0.6 is 0 Å². The molecule has 0 bridgehead atoms. The van der Waals surface area contributed by atoms with Gasteiger partial charge in [0.1, 0.15) is 0 Å². The molecule has 0 spiro atoms. The van der Waals surface area contributed by atoms with E-state index in [0.29, 0.717) is 6.42 Å². The minimum Gasteiger partial charge on any atom is -0.349 e. The van der Waals surface area contributed by atoms with Gasteiger partial charge < -0.3 is 10.6 Å². The van der Waals surface area contributed by atoms with Gasteiger partial charge in [0.15, 0.2) is 0 Å². The molecule has 4 heteroatoms. The molecule has 102 valence electrons. The third-order valence-corrected chi connectivity index (χ3v) is 2.21. The van der Waals surface area contributed by atoms with E-state index >= 15 is 0 Å². The van der Waals surface area contributed by atoms with Crippen molar-refractivity contribution in [1.29, 1.82) is 0 Å². The fourth-order valence-corrected chi connectivity index (χ4v) is 0.997. The third-order valence-electron chi connectivity index (χ3n) is 2.21. The molecule has 0 aromatic heterocycles. The van der Waals surface area contributed by atoms with Gasteiger partial charge in [-0.1, -0.05) is 34.6 Å². The molecule has 2 amide bonds. The van der Waals surface area contributed by atoms with Crippen LogP contribution in [0.25, 0.3) is 0 Å². The van der Waals surface area contributed by atoms with Crippen LogP contribution in [0.3, 0.4) is 0 Å². The lowest BCUT2D eigenvalue weighted by atomic mass is 10.3. The van der Waals surface area contributed by atoms with Gasteiger partial charge in [-0.2, -0.15) is 0 Å². The summed E-state index contributed by atoms with van der Waals surface area (Å²) >= 11 is 0. The van der Waals surface area contributed by atoms with Crippen LogP contribution in [0, 0.1) is 0 Å². The van der Waals surface area contributed by atoms with Crippen LogP contribution in [0.15, 0.2) is 0 Å². The molecule has 0 unspecified atom stereocenters. The van der Waals surface area contributed by atoms with Crippen LogP contribution in [-0.4, -0.2) is 23.9 Å². The fraction of sp³-hybridized carbons (Fsp3) is 0.846. The standard InChI is InChI=1S/C9H16N2O2.2C2H6/c1-3-7(12)10-6-8(13)11-9(2)4-5-9;2*1-2/h3-6H2,1-2H3,(H,10,12)(H,11,13);2*1-2H3. The summed E-state index contributed by atoms with van der Waals surface area (Å²) in [5, 5.41) is 5.39. The predicted octanol–water partition coefficient (Wildman–Crippen LogP) is 2.23. The van der Waals surface area contributed by atoms with Gasteiger partial charge in [0.25, 0.3) is 0 Å². The monoisotopic (exact) mass is 244 g/mol. The highest BCUT2D eigenvalue weighted by molar-refractivity contribution is 5.85. The van der Waals surface area contributed by atoms with E-state index in [1.54, 1.807) is 6.92 Å². The Morgan fingerprint density at radius 2 is 1.53 bits per heavy atom. The number of carbonyl (C=O) groups excluding carboxylic acids is 2. The topological polar surface area (TPSA) is 58.2 Å². The molecular weight excluding hydrogens is 216 g/mol. The summed E-state index contributed by atoms with van der Waals surface area (Å²) in [7, 11) is 0. The average molecular weight is 244 g/mol. The van der Waals surface area contributed by atoms with Crippen molar-refractivity contribution < 1.29 is 9.59 Å². The number of carbonyl (C=O) groups is 2. The quantitative estimate of drug-likeness (QED) is 0.796. The van der Waals surface area contributed by atoms with Gasteiger partial charge in [-0.3, -0.25) is 9.59 Å². The maximum absolute atomic E-state index is 11.2. The molecule has 1 aliphatic carbocycles. The molecular formula is C13H28N2O2. The molecule has 0 atom stereocenters. The molecule has 0 radical (unpaired) electrons. The molecule has 0 aromatic carbocycles. The Morgan fingerprint density at radius 1 is 1.06 bits per heavy atom. The number of nitrogens with one attached hydrogen (secondary N) is 2. The smallest absolute Gasteiger partial charge is 0.239 e. The van der Waals surface area contributed by atoms with E-state index in [9.17, 15) is 9.59 Å². The van der Waals surface area contributed by atoms with E-state index in [1.807, 2.05) is 34.6 Å². The van der Waals surface area contributed by atoms with Gasteiger partial charge in [0, 0.05) is 12.0 Å². The maximum Gasteiger partial charge on any atom is 0.239 e. The Hall–Kier alpha value is -1.06. The number of rotatable bonds is 4. The van der Waals surface area contributed by atoms with Crippen LogP contribution in [0.4, 0.5) is 0 Å². The van der Waals surface area contributed by atoms with E-state index in [1.165, 1.54) is 0 Å². The Balaban J connectivity index is 0. The Kier molecular flexibility index (Phi) is 10.9. The molecule has 0 aliphatic heterocycles. The lowest BCUT2D eigenvalue weighted by molar-refractivity contribution is -0.126. The van der Waals surface area contributed by atoms with Crippen LogP contribution < -0.4 is 10.6 Å². The summed E-state index contributed by atoms with van der Waals surface area (Å²) in [5.74, 6) is -0.182. The van der Waals surface area contributed by atoms with Gasteiger partial charge in [0.2, 0.25) is 11.8 Å². The van der Waals surface area contributed by atoms with E-state index in [2.05, 4.69) is 10.6 Å². The Morgan fingerprint density at radius 3 is 1.88 bits per heavy atom. The van der Waals surface area contributed by atoms with Crippen molar-refractivity contribution in [1.82, 2.24) is 10.6 Å². The Bertz CT molecular complexity index is 223. The van der Waals surface area contributed by atoms with Crippen molar-refractivity contribution in [2.24, 2.45) is 0 Å². The summed E-state index contributed by atoms with van der Waals surface area (Å²) in [6, 6.07) is 0. The first-order valence-corrected chi connectivity index (χ1v) is 6.63.